The second-order valence-corrected chi connectivity index (χ2v) is 6.32. The van der Waals surface area contributed by atoms with Crippen molar-refractivity contribution < 1.29 is 9.59 Å². The number of nitrogens with zero attached hydrogens (tertiary/aromatic N) is 3. The Balaban J connectivity index is 1.69. The normalized spacial score (nSPS) is 17.4. The standard InChI is InChI=1S/C18H23N5O2/c1-13-10-20-23(16(13)21-18(25)17(24)19-2)15-8-9-22(12-15)11-14-6-4-3-5-7-14/h3-7,10,15H,8-9,11-12H2,1-2H3,(H,19,24)(H,21,25). The largest absolute Gasteiger partial charge is 0.351 e. The van der Waals surface area contributed by atoms with Gasteiger partial charge < -0.3 is 10.6 Å². The first-order chi connectivity index (χ1) is 12.1. The number of carbonyl (C=O) groups is 2. The number of rotatable bonds is 4. The number of hydrogen-bond donors (Lipinski definition) is 2. The average molecular weight is 341 g/mol. The molecule has 1 saturated heterocycles. The van der Waals surface area contributed by atoms with E-state index in [9.17, 15) is 9.59 Å². The summed E-state index contributed by atoms with van der Waals surface area (Å²) in [5.74, 6) is -0.740. The molecule has 1 aromatic heterocycles. The summed E-state index contributed by atoms with van der Waals surface area (Å²) in [5.41, 5.74) is 2.13. The van der Waals surface area contributed by atoms with Crippen LogP contribution >= 0.6 is 0 Å². The fourth-order valence-electron chi connectivity index (χ4n) is 3.16. The van der Waals surface area contributed by atoms with Crippen LogP contribution in [0.4, 0.5) is 5.82 Å². The molecule has 0 aliphatic carbocycles. The van der Waals surface area contributed by atoms with Crippen molar-refractivity contribution >= 4 is 17.6 Å². The van der Waals surface area contributed by atoms with E-state index in [1.807, 2.05) is 29.8 Å². The Hall–Kier alpha value is -2.67. The molecular weight excluding hydrogens is 318 g/mol. The van der Waals surface area contributed by atoms with E-state index in [0.717, 1.165) is 31.6 Å². The maximum absolute atomic E-state index is 11.9. The third-order valence-corrected chi connectivity index (χ3v) is 4.49. The molecule has 0 spiro atoms. The van der Waals surface area contributed by atoms with Gasteiger partial charge in [-0.3, -0.25) is 14.5 Å². The lowest BCUT2D eigenvalue weighted by atomic mass is 10.2. The smallest absolute Gasteiger partial charge is 0.314 e. The van der Waals surface area contributed by atoms with Gasteiger partial charge in [0.2, 0.25) is 0 Å². The summed E-state index contributed by atoms with van der Waals surface area (Å²) in [7, 11) is 1.44. The number of aryl methyl sites for hydroxylation is 1. The Morgan fingerprint density at radius 3 is 2.72 bits per heavy atom. The van der Waals surface area contributed by atoms with E-state index in [-0.39, 0.29) is 6.04 Å². The van der Waals surface area contributed by atoms with Gasteiger partial charge in [0, 0.05) is 32.2 Å². The third-order valence-electron chi connectivity index (χ3n) is 4.49. The van der Waals surface area contributed by atoms with Crippen LogP contribution in [-0.4, -0.2) is 46.6 Å². The number of nitrogens with one attached hydrogen (secondary N) is 2. The van der Waals surface area contributed by atoms with Crippen LogP contribution < -0.4 is 10.6 Å². The lowest BCUT2D eigenvalue weighted by Gasteiger charge is -2.18. The Morgan fingerprint density at radius 1 is 1.24 bits per heavy atom. The maximum Gasteiger partial charge on any atom is 0.314 e. The minimum Gasteiger partial charge on any atom is -0.351 e. The number of benzene rings is 1. The first-order valence-corrected chi connectivity index (χ1v) is 8.42. The van der Waals surface area contributed by atoms with Gasteiger partial charge in [0.25, 0.3) is 0 Å². The van der Waals surface area contributed by atoms with Crippen molar-refractivity contribution in [1.29, 1.82) is 0 Å². The summed E-state index contributed by atoms with van der Waals surface area (Å²) in [4.78, 5) is 25.7. The summed E-state index contributed by atoms with van der Waals surface area (Å²) in [6, 6.07) is 10.5. The van der Waals surface area contributed by atoms with Crippen LogP contribution in [0.15, 0.2) is 36.5 Å². The summed E-state index contributed by atoms with van der Waals surface area (Å²) >= 11 is 0. The first kappa shape index (κ1) is 17.2. The second-order valence-electron chi connectivity index (χ2n) is 6.32. The Labute approximate surface area is 147 Å². The van der Waals surface area contributed by atoms with Gasteiger partial charge in [-0.1, -0.05) is 30.3 Å². The fraction of sp³-hybridized carbons (Fsp3) is 0.389. The number of likely N-dealkylation sites (N-methyl/N-ethyl adjacent to an activating group) is 1. The zero-order valence-electron chi connectivity index (χ0n) is 14.5. The van der Waals surface area contributed by atoms with Crippen LogP contribution in [0.1, 0.15) is 23.6 Å². The molecule has 7 nitrogen and oxygen atoms in total. The Morgan fingerprint density at radius 2 is 2.00 bits per heavy atom. The quantitative estimate of drug-likeness (QED) is 0.822. The van der Waals surface area contributed by atoms with Crippen molar-refractivity contribution in [3.8, 4) is 0 Å². The van der Waals surface area contributed by atoms with Gasteiger partial charge in [-0.25, -0.2) is 4.68 Å². The molecule has 1 atom stereocenters. The monoisotopic (exact) mass is 341 g/mol. The van der Waals surface area contributed by atoms with Crippen molar-refractivity contribution in [2.45, 2.75) is 25.9 Å². The molecule has 132 valence electrons. The maximum atomic E-state index is 11.9. The van der Waals surface area contributed by atoms with Crippen LogP contribution in [0.3, 0.4) is 0 Å². The number of carbonyl (C=O) groups excluding carboxylic acids is 2. The molecule has 1 fully saturated rings. The minimum absolute atomic E-state index is 0.178. The number of amides is 2. The van der Waals surface area contributed by atoms with Crippen LogP contribution in [-0.2, 0) is 16.1 Å². The highest BCUT2D eigenvalue weighted by molar-refractivity contribution is 6.39. The van der Waals surface area contributed by atoms with E-state index in [2.05, 4.69) is 32.8 Å². The van der Waals surface area contributed by atoms with Gasteiger partial charge in [0.15, 0.2) is 0 Å². The highest BCUT2D eigenvalue weighted by atomic mass is 16.2. The van der Waals surface area contributed by atoms with E-state index in [0.29, 0.717) is 5.82 Å². The van der Waals surface area contributed by atoms with E-state index in [4.69, 9.17) is 0 Å². The van der Waals surface area contributed by atoms with Gasteiger partial charge in [0.1, 0.15) is 5.82 Å². The predicted octanol–water partition coefficient (Wildman–Crippen LogP) is 1.32. The van der Waals surface area contributed by atoms with Crippen molar-refractivity contribution in [2.75, 3.05) is 25.5 Å². The molecule has 1 aromatic carbocycles. The predicted molar refractivity (Wildman–Crippen MR) is 95.0 cm³/mol. The van der Waals surface area contributed by atoms with Gasteiger partial charge >= 0.3 is 11.8 Å². The summed E-state index contributed by atoms with van der Waals surface area (Å²) in [6.45, 7) is 4.61. The number of aromatic nitrogens is 2. The third kappa shape index (κ3) is 3.88. The van der Waals surface area contributed by atoms with E-state index in [1.54, 1.807) is 6.20 Å². The van der Waals surface area contributed by atoms with Crippen molar-refractivity contribution in [3.05, 3.63) is 47.7 Å². The number of likely N-dealkylation sites (tertiary alicyclic amines) is 1. The van der Waals surface area contributed by atoms with E-state index >= 15 is 0 Å². The highest BCUT2D eigenvalue weighted by Crippen LogP contribution is 2.27. The highest BCUT2D eigenvalue weighted by Gasteiger charge is 2.27. The first-order valence-electron chi connectivity index (χ1n) is 8.42. The molecule has 2 N–H and O–H groups in total. The van der Waals surface area contributed by atoms with Crippen molar-refractivity contribution in [1.82, 2.24) is 20.0 Å². The summed E-state index contributed by atoms with van der Waals surface area (Å²) < 4.78 is 1.83. The minimum atomic E-state index is -0.675. The second kappa shape index (κ2) is 7.48. The van der Waals surface area contributed by atoms with E-state index in [1.165, 1.54) is 12.6 Å². The molecule has 1 unspecified atom stereocenters. The zero-order chi connectivity index (χ0) is 17.8. The molecule has 0 saturated carbocycles. The molecule has 2 amide bonds. The Bertz CT molecular complexity index is 756. The lowest BCUT2D eigenvalue weighted by molar-refractivity contribution is -0.135. The molecule has 7 heteroatoms. The lowest BCUT2D eigenvalue weighted by Crippen LogP contribution is -2.34. The molecule has 1 aliphatic rings. The zero-order valence-corrected chi connectivity index (χ0v) is 14.5. The average Bonchev–Trinajstić information content (AvgIpc) is 3.22. The topological polar surface area (TPSA) is 79.3 Å². The molecular formula is C18H23N5O2. The summed E-state index contributed by atoms with van der Waals surface area (Å²) in [5, 5.41) is 9.43. The fourth-order valence-corrected chi connectivity index (χ4v) is 3.16. The number of hydrogen-bond acceptors (Lipinski definition) is 4. The molecule has 25 heavy (non-hydrogen) atoms. The van der Waals surface area contributed by atoms with Crippen LogP contribution in [0.2, 0.25) is 0 Å². The molecule has 0 bridgehead atoms. The molecule has 3 rings (SSSR count). The number of anilines is 1. The van der Waals surface area contributed by atoms with Gasteiger partial charge in [-0.2, -0.15) is 5.10 Å². The van der Waals surface area contributed by atoms with Gasteiger partial charge in [-0.05, 0) is 18.9 Å². The van der Waals surface area contributed by atoms with Crippen molar-refractivity contribution in [2.24, 2.45) is 0 Å². The Kier molecular flexibility index (Phi) is 5.14. The molecule has 0 radical (unpaired) electrons. The SMILES string of the molecule is CNC(=O)C(=O)Nc1c(C)cnn1C1CCN(Cc2ccccc2)C1. The molecule has 2 heterocycles. The van der Waals surface area contributed by atoms with E-state index < -0.39 is 11.8 Å². The molecule has 2 aromatic rings. The van der Waals surface area contributed by atoms with Crippen LogP contribution in [0.5, 0.6) is 0 Å². The van der Waals surface area contributed by atoms with Crippen LogP contribution in [0.25, 0.3) is 0 Å². The van der Waals surface area contributed by atoms with Gasteiger partial charge in [-0.15, -0.1) is 0 Å². The van der Waals surface area contributed by atoms with Gasteiger partial charge in [0.05, 0.1) is 12.2 Å². The summed E-state index contributed by atoms with van der Waals surface area (Å²) in [6.07, 6.45) is 2.68. The van der Waals surface area contributed by atoms with Crippen LogP contribution in [0, 0.1) is 6.92 Å². The van der Waals surface area contributed by atoms with Crippen molar-refractivity contribution in [3.63, 3.8) is 0 Å². The molecule has 1 aliphatic heterocycles.